The quantitative estimate of drug-likeness (QED) is 0.217. The van der Waals surface area contributed by atoms with Gasteiger partial charge in [0.1, 0.15) is 29.7 Å². The number of aliphatic hydroxyl groups is 4. The number of rotatable bonds is 12. The Kier molecular flexibility index (Phi) is 17.6. The Bertz CT molecular complexity index is 1880. The van der Waals surface area contributed by atoms with E-state index >= 15 is 0 Å². The van der Waals surface area contributed by atoms with Crippen LogP contribution in [0.5, 0.6) is 0 Å². The summed E-state index contributed by atoms with van der Waals surface area (Å²) in [5.74, 6) is -4.95. The number of methoxy groups -OCH3 is 2. The Balaban J connectivity index is 1.52. The first-order chi connectivity index (χ1) is 30.5. The van der Waals surface area contributed by atoms with Crippen molar-refractivity contribution in [3.8, 4) is 5.69 Å². The second-order valence-corrected chi connectivity index (χ2v) is 20.2. The molecular weight excluding hydrogens is 837 g/mol. The molecule has 16 heteroatoms. The van der Waals surface area contributed by atoms with Crippen molar-refractivity contribution in [1.82, 2.24) is 19.9 Å². The predicted molar refractivity (Wildman–Crippen MR) is 243 cm³/mol. The number of likely N-dealkylation sites (N-methyl/N-ethyl adjacent to an activating group) is 1. The molecule has 0 aliphatic carbocycles. The molecule has 5 rings (SSSR count). The van der Waals surface area contributed by atoms with E-state index in [0.717, 1.165) is 17.8 Å². The molecule has 3 aliphatic rings. The van der Waals surface area contributed by atoms with Crippen LogP contribution in [0, 0.1) is 29.6 Å². The number of hydrogen-bond acceptors (Lipinski definition) is 15. The fourth-order valence-electron chi connectivity index (χ4n) is 11.0. The summed E-state index contributed by atoms with van der Waals surface area (Å²) in [6, 6.07) is 7.80. The fourth-order valence-corrected chi connectivity index (χ4v) is 11.0. The van der Waals surface area contributed by atoms with Crippen molar-refractivity contribution in [1.29, 1.82) is 0 Å². The Morgan fingerprint density at radius 1 is 0.923 bits per heavy atom. The summed E-state index contributed by atoms with van der Waals surface area (Å²) in [4.78, 5) is 30.9. The number of carbonyl (C=O) groups excluding carboxylic acids is 2. The van der Waals surface area contributed by atoms with Gasteiger partial charge in [-0.05, 0) is 91.0 Å². The SMILES string of the molecule is CCc1cccc(-n2cc(CCN(C)[C@H]3C[C@@H](C)O[C@@H](O[C@@H]4[C@@H](C)[C@H](C5C[C@@](C)(OC)[C@@H](O)[C@H](C)O5)[C@@H](C)C(=O)O[C@H](CC)[C@@](C)(O)[C@H](O)[C@@H](C)C(=O)[C@H](C)C[C@@]4(C)OC)[C@@H]3O)nn2)c1. The van der Waals surface area contributed by atoms with E-state index in [1.54, 1.807) is 39.3 Å². The number of nitrogens with zero attached hydrogens (tertiary/aromatic N) is 4. The number of aromatic nitrogens is 3. The molecule has 1 aromatic heterocycles. The summed E-state index contributed by atoms with van der Waals surface area (Å²) in [6.45, 7) is 20.2. The molecule has 18 atom stereocenters. The van der Waals surface area contributed by atoms with Gasteiger partial charge in [-0.25, -0.2) is 4.68 Å². The number of Topliss-reactive ketones (excluding diaryl/α,β-unsaturated/α-hetero) is 1. The number of ether oxygens (including phenoxy) is 6. The van der Waals surface area contributed by atoms with Crippen molar-refractivity contribution in [3.05, 3.63) is 41.7 Å². The summed E-state index contributed by atoms with van der Waals surface area (Å²) < 4.78 is 40.4. The molecule has 1 aromatic carbocycles. The molecule has 3 saturated heterocycles. The van der Waals surface area contributed by atoms with Gasteiger partial charge in [0.15, 0.2) is 6.29 Å². The highest BCUT2D eigenvalue weighted by Gasteiger charge is 2.56. The van der Waals surface area contributed by atoms with Gasteiger partial charge in [0.25, 0.3) is 0 Å². The first-order valence-corrected chi connectivity index (χ1v) is 23.7. The number of benzene rings is 1. The molecule has 3 aliphatic heterocycles. The average molecular weight is 917 g/mol. The third kappa shape index (κ3) is 11.4. The normalized spacial score (nSPS) is 41.6. The maximum atomic E-state index is 14.6. The lowest BCUT2D eigenvalue weighted by molar-refractivity contribution is -0.305. The second kappa shape index (κ2) is 21.6. The number of aliphatic hydroxyl groups excluding tert-OH is 3. The summed E-state index contributed by atoms with van der Waals surface area (Å²) in [6.07, 6.45) is -4.27. The molecule has 2 aromatic rings. The molecule has 16 nitrogen and oxygen atoms in total. The van der Waals surface area contributed by atoms with Crippen LogP contribution in [0.25, 0.3) is 5.69 Å². The van der Waals surface area contributed by atoms with E-state index in [-0.39, 0.29) is 37.2 Å². The van der Waals surface area contributed by atoms with Crippen molar-refractivity contribution in [3.63, 3.8) is 0 Å². The van der Waals surface area contributed by atoms with Crippen LogP contribution >= 0.6 is 0 Å². The van der Waals surface area contributed by atoms with Crippen LogP contribution in [-0.2, 0) is 50.9 Å². The predicted octanol–water partition coefficient (Wildman–Crippen LogP) is 4.47. The van der Waals surface area contributed by atoms with E-state index in [1.807, 2.05) is 53.1 Å². The van der Waals surface area contributed by atoms with Gasteiger partial charge in [0.2, 0.25) is 0 Å². The van der Waals surface area contributed by atoms with E-state index in [1.165, 1.54) is 26.7 Å². The highest BCUT2D eigenvalue weighted by atomic mass is 16.7. The van der Waals surface area contributed by atoms with Crippen LogP contribution in [0.3, 0.4) is 0 Å². The van der Waals surface area contributed by atoms with E-state index in [4.69, 9.17) is 28.4 Å². The van der Waals surface area contributed by atoms with E-state index in [0.29, 0.717) is 19.4 Å². The first-order valence-electron chi connectivity index (χ1n) is 23.7. The lowest BCUT2D eigenvalue weighted by Gasteiger charge is -2.52. The van der Waals surface area contributed by atoms with Gasteiger partial charge >= 0.3 is 5.97 Å². The Hall–Kier alpha value is -2.90. The lowest BCUT2D eigenvalue weighted by Crippen LogP contribution is -2.62. The fraction of sp³-hybridized carbons (Fsp3) is 0.796. The summed E-state index contributed by atoms with van der Waals surface area (Å²) in [5.41, 5.74) is -1.34. The molecule has 4 heterocycles. The number of aryl methyl sites for hydroxylation is 1. The van der Waals surface area contributed by atoms with Crippen molar-refractivity contribution in [2.45, 2.75) is 193 Å². The maximum Gasteiger partial charge on any atom is 0.309 e. The topological polar surface area (TPSA) is 204 Å². The van der Waals surface area contributed by atoms with Gasteiger partial charge < -0.3 is 53.7 Å². The molecule has 368 valence electrons. The van der Waals surface area contributed by atoms with Crippen LogP contribution < -0.4 is 0 Å². The third-order valence-corrected chi connectivity index (χ3v) is 15.4. The molecule has 0 amide bonds. The number of carbonyl (C=O) groups is 2. The van der Waals surface area contributed by atoms with Crippen molar-refractivity contribution in [2.75, 3.05) is 27.8 Å². The zero-order chi connectivity index (χ0) is 48.3. The Labute approximate surface area is 386 Å². The van der Waals surface area contributed by atoms with Gasteiger partial charge in [-0.3, -0.25) is 9.59 Å². The van der Waals surface area contributed by atoms with Crippen molar-refractivity contribution < 1.29 is 58.4 Å². The molecule has 4 N–H and O–H groups in total. The van der Waals surface area contributed by atoms with Gasteiger partial charge in [-0.15, -0.1) is 5.10 Å². The lowest BCUT2D eigenvalue weighted by atomic mass is 9.67. The van der Waals surface area contributed by atoms with E-state index in [2.05, 4.69) is 34.3 Å². The standard InChI is InChI=1S/C49H80N4O12/c1-15-33-18-17-19-35(23-33)53-26-34(50-51-53)20-21-52(12)36-22-28(4)62-46(41(36)55)65-44-29(5)39(37-25-47(9,60-13)43(57)32(8)63-37)30(6)45(58)64-38(16-2)49(11,59)42(56)31(7)40(54)27(3)24-48(44,10)61-14/h17-19,23,26-32,36-39,41-44,46,55-57,59H,15-16,20-22,24-25H2,1-14H3/t27-,28-,29+,30-,31+,32+,36+,37?,38-,39+,41-,42-,43+,44-,46+,47-,48-,49-/m1/s1. The number of hydrogen-bond donors (Lipinski definition) is 4. The highest BCUT2D eigenvalue weighted by Crippen LogP contribution is 2.46. The van der Waals surface area contributed by atoms with Crippen LogP contribution in [0.2, 0.25) is 0 Å². The minimum Gasteiger partial charge on any atom is -0.459 e. The van der Waals surface area contributed by atoms with Crippen molar-refractivity contribution >= 4 is 11.8 Å². The highest BCUT2D eigenvalue weighted by molar-refractivity contribution is 5.83. The summed E-state index contributed by atoms with van der Waals surface area (Å²) >= 11 is 0. The second-order valence-electron chi connectivity index (χ2n) is 20.2. The van der Waals surface area contributed by atoms with Crippen LogP contribution in [0.15, 0.2) is 30.5 Å². The minimum atomic E-state index is -1.97. The Morgan fingerprint density at radius 2 is 1.60 bits per heavy atom. The molecule has 0 saturated carbocycles. The Morgan fingerprint density at radius 3 is 2.23 bits per heavy atom. The van der Waals surface area contributed by atoms with Gasteiger partial charge in [0.05, 0.1) is 65.2 Å². The molecule has 0 bridgehead atoms. The molecule has 65 heavy (non-hydrogen) atoms. The van der Waals surface area contributed by atoms with Gasteiger partial charge in [-0.2, -0.15) is 0 Å². The zero-order valence-corrected chi connectivity index (χ0v) is 41.3. The smallest absolute Gasteiger partial charge is 0.309 e. The molecule has 0 spiro atoms. The molecule has 1 unspecified atom stereocenters. The molecule has 3 fully saturated rings. The van der Waals surface area contributed by atoms with Crippen LogP contribution in [0.1, 0.15) is 113 Å². The maximum absolute atomic E-state index is 14.6. The van der Waals surface area contributed by atoms with E-state index < -0.39 is 101 Å². The van der Waals surface area contributed by atoms with Crippen LogP contribution in [-0.4, -0.2) is 158 Å². The molecular formula is C49H80N4O12. The van der Waals surface area contributed by atoms with Gasteiger partial charge in [0, 0.05) is 57.4 Å². The van der Waals surface area contributed by atoms with Gasteiger partial charge in [-0.1, -0.05) is 58.9 Å². The number of esters is 1. The van der Waals surface area contributed by atoms with Crippen LogP contribution in [0.4, 0.5) is 0 Å². The molecule has 0 radical (unpaired) electrons. The monoisotopic (exact) mass is 917 g/mol. The first kappa shape index (κ1) is 53.1. The van der Waals surface area contributed by atoms with Crippen molar-refractivity contribution in [2.24, 2.45) is 29.6 Å². The minimum absolute atomic E-state index is 0.112. The summed E-state index contributed by atoms with van der Waals surface area (Å²) in [7, 11) is 5.03. The van der Waals surface area contributed by atoms with E-state index in [9.17, 15) is 30.0 Å². The number of ketones is 1. The largest absolute Gasteiger partial charge is 0.459 e. The zero-order valence-electron chi connectivity index (χ0n) is 41.3. The third-order valence-electron chi connectivity index (χ3n) is 15.4. The average Bonchev–Trinajstić information content (AvgIpc) is 3.77. The number of cyclic esters (lactones) is 1. The summed E-state index contributed by atoms with van der Waals surface area (Å²) in [5, 5.41) is 55.8.